The highest BCUT2D eigenvalue weighted by Crippen LogP contribution is 2.28. The molecule has 1 heterocycles. The standard InChI is InChI=1S/C17H33N3O7/c1-16(2)5-9(6-17(3,4)20-16)19-15(27)14(26)18-7-10(22)12(24)13(25)11(23)8-21/h9-13,20-25H,5-8H2,1-4H3,(H,18,26)(H,19,27). The molecule has 0 bridgehead atoms. The van der Waals surface area contributed by atoms with Crippen LogP contribution in [0.4, 0.5) is 0 Å². The molecule has 27 heavy (non-hydrogen) atoms. The summed E-state index contributed by atoms with van der Waals surface area (Å²) in [5, 5.41) is 55.3. The van der Waals surface area contributed by atoms with Crippen molar-refractivity contribution in [2.45, 2.75) is 82.1 Å². The highest BCUT2D eigenvalue weighted by Gasteiger charge is 2.38. The van der Waals surface area contributed by atoms with E-state index in [2.05, 4.69) is 16.0 Å². The van der Waals surface area contributed by atoms with Gasteiger partial charge < -0.3 is 41.5 Å². The molecule has 0 aliphatic carbocycles. The summed E-state index contributed by atoms with van der Waals surface area (Å²) in [4.78, 5) is 24.0. The number of rotatable bonds is 7. The van der Waals surface area contributed by atoms with E-state index in [1.54, 1.807) is 0 Å². The van der Waals surface area contributed by atoms with Gasteiger partial charge in [-0.15, -0.1) is 0 Å². The summed E-state index contributed by atoms with van der Waals surface area (Å²) in [7, 11) is 0. The van der Waals surface area contributed by atoms with Crippen molar-refractivity contribution >= 4 is 11.8 Å². The van der Waals surface area contributed by atoms with Crippen molar-refractivity contribution in [3.05, 3.63) is 0 Å². The van der Waals surface area contributed by atoms with Crippen LogP contribution in [0.5, 0.6) is 0 Å². The first-order valence-corrected chi connectivity index (χ1v) is 8.99. The molecule has 0 radical (unpaired) electrons. The molecule has 10 heteroatoms. The van der Waals surface area contributed by atoms with Crippen LogP contribution < -0.4 is 16.0 Å². The van der Waals surface area contributed by atoms with Crippen LogP contribution in [0, 0.1) is 0 Å². The molecule has 4 unspecified atom stereocenters. The molecule has 1 aliphatic rings. The minimum absolute atomic E-state index is 0.202. The van der Waals surface area contributed by atoms with E-state index in [0.29, 0.717) is 12.8 Å². The molecule has 0 aromatic carbocycles. The molecular formula is C17H33N3O7. The molecule has 8 N–H and O–H groups in total. The van der Waals surface area contributed by atoms with Crippen LogP contribution >= 0.6 is 0 Å². The fourth-order valence-corrected chi connectivity index (χ4v) is 3.64. The number of hydrogen-bond acceptors (Lipinski definition) is 8. The van der Waals surface area contributed by atoms with Gasteiger partial charge in [0.2, 0.25) is 0 Å². The number of hydrogen-bond donors (Lipinski definition) is 8. The fourth-order valence-electron chi connectivity index (χ4n) is 3.64. The van der Waals surface area contributed by atoms with Gasteiger partial charge in [-0.05, 0) is 40.5 Å². The van der Waals surface area contributed by atoms with Crippen LogP contribution in [0.2, 0.25) is 0 Å². The molecule has 1 fully saturated rings. The SMILES string of the molecule is CC1(C)CC(NC(=O)C(=O)NCC(O)C(O)C(O)C(O)CO)CC(C)(C)N1. The Morgan fingerprint density at radius 1 is 0.963 bits per heavy atom. The molecule has 1 rings (SSSR count). The van der Waals surface area contributed by atoms with Gasteiger partial charge >= 0.3 is 11.8 Å². The lowest BCUT2D eigenvalue weighted by molar-refractivity contribution is -0.141. The lowest BCUT2D eigenvalue weighted by Gasteiger charge is -2.46. The first-order chi connectivity index (χ1) is 12.3. The molecule has 0 aromatic heterocycles. The van der Waals surface area contributed by atoms with Gasteiger partial charge in [-0.25, -0.2) is 0 Å². The molecule has 158 valence electrons. The third kappa shape index (κ3) is 7.32. The van der Waals surface area contributed by atoms with E-state index in [1.165, 1.54) is 0 Å². The summed E-state index contributed by atoms with van der Waals surface area (Å²) in [5.74, 6) is -1.83. The Morgan fingerprint density at radius 3 is 1.93 bits per heavy atom. The molecule has 4 atom stereocenters. The molecule has 1 saturated heterocycles. The second kappa shape index (κ2) is 9.26. The number of aliphatic hydroxyl groups is 5. The zero-order valence-electron chi connectivity index (χ0n) is 16.3. The van der Waals surface area contributed by atoms with Crippen LogP contribution in [-0.4, -0.2) is 92.0 Å². The van der Waals surface area contributed by atoms with Crippen molar-refractivity contribution in [2.24, 2.45) is 0 Å². The van der Waals surface area contributed by atoms with Gasteiger partial charge in [-0.2, -0.15) is 0 Å². The molecular weight excluding hydrogens is 358 g/mol. The van der Waals surface area contributed by atoms with Gasteiger partial charge in [-0.1, -0.05) is 0 Å². The molecule has 10 nitrogen and oxygen atoms in total. The average Bonchev–Trinajstić information content (AvgIpc) is 2.54. The zero-order valence-corrected chi connectivity index (χ0v) is 16.3. The van der Waals surface area contributed by atoms with E-state index in [4.69, 9.17) is 5.11 Å². The van der Waals surface area contributed by atoms with Crippen LogP contribution in [0.1, 0.15) is 40.5 Å². The van der Waals surface area contributed by atoms with E-state index in [-0.39, 0.29) is 17.1 Å². The predicted octanol–water partition coefficient (Wildman–Crippen LogP) is -3.04. The van der Waals surface area contributed by atoms with Gasteiger partial charge in [0.15, 0.2) is 0 Å². The van der Waals surface area contributed by atoms with Crippen LogP contribution in [0.15, 0.2) is 0 Å². The van der Waals surface area contributed by atoms with Gasteiger partial charge in [0.1, 0.15) is 18.3 Å². The summed E-state index contributed by atoms with van der Waals surface area (Å²) in [6, 6.07) is -0.202. The lowest BCUT2D eigenvalue weighted by Crippen LogP contribution is -2.63. The Morgan fingerprint density at radius 2 is 1.44 bits per heavy atom. The lowest BCUT2D eigenvalue weighted by atomic mass is 9.79. The molecule has 0 aromatic rings. The summed E-state index contributed by atoms with van der Waals surface area (Å²) < 4.78 is 0. The molecule has 0 spiro atoms. The third-order valence-electron chi connectivity index (χ3n) is 4.53. The van der Waals surface area contributed by atoms with Gasteiger partial charge in [-0.3, -0.25) is 9.59 Å². The monoisotopic (exact) mass is 391 g/mol. The summed E-state index contributed by atoms with van der Waals surface area (Å²) in [6.45, 7) is 6.73. The van der Waals surface area contributed by atoms with Crippen LogP contribution in [0.25, 0.3) is 0 Å². The maximum Gasteiger partial charge on any atom is 0.309 e. The Kier molecular flexibility index (Phi) is 8.14. The second-order valence-electron chi connectivity index (χ2n) is 8.48. The minimum atomic E-state index is -1.80. The van der Waals surface area contributed by atoms with E-state index in [1.807, 2.05) is 27.7 Å². The summed E-state index contributed by atoms with van der Waals surface area (Å²) >= 11 is 0. The van der Waals surface area contributed by atoms with E-state index < -0.39 is 49.4 Å². The summed E-state index contributed by atoms with van der Waals surface area (Å²) in [6.07, 6.45) is -5.59. The van der Waals surface area contributed by atoms with Crippen molar-refractivity contribution in [3.63, 3.8) is 0 Å². The van der Waals surface area contributed by atoms with Gasteiger partial charge in [0.05, 0.1) is 12.7 Å². The number of amides is 2. The first-order valence-electron chi connectivity index (χ1n) is 8.99. The highest BCUT2D eigenvalue weighted by molar-refractivity contribution is 6.35. The normalized spacial score (nSPS) is 23.7. The first kappa shape index (κ1) is 23.7. The maximum absolute atomic E-state index is 12.1. The van der Waals surface area contributed by atoms with Crippen molar-refractivity contribution in [1.82, 2.24) is 16.0 Å². The van der Waals surface area contributed by atoms with Crippen LogP contribution in [-0.2, 0) is 9.59 Å². The van der Waals surface area contributed by atoms with Crippen molar-refractivity contribution in [2.75, 3.05) is 13.2 Å². The Labute approximate surface area is 159 Å². The zero-order chi connectivity index (χ0) is 21.0. The second-order valence-corrected chi connectivity index (χ2v) is 8.48. The number of aliphatic hydroxyl groups excluding tert-OH is 5. The van der Waals surface area contributed by atoms with E-state index in [0.717, 1.165) is 0 Å². The molecule has 2 amide bonds. The topological polar surface area (TPSA) is 171 Å². The maximum atomic E-state index is 12.1. The van der Waals surface area contributed by atoms with E-state index >= 15 is 0 Å². The molecule has 0 saturated carbocycles. The Bertz CT molecular complexity index is 511. The van der Waals surface area contributed by atoms with Gasteiger partial charge in [0, 0.05) is 23.7 Å². The van der Waals surface area contributed by atoms with Crippen molar-refractivity contribution in [1.29, 1.82) is 0 Å². The smallest absolute Gasteiger partial charge is 0.309 e. The summed E-state index contributed by atoms with van der Waals surface area (Å²) in [5.41, 5.74) is -0.416. The van der Waals surface area contributed by atoms with Crippen molar-refractivity contribution < 1.29 is 35.1 Å². The highest BCUT2D eigenvalue weighted by atomic mass is 16.4. The number of carbonyl (C=O) groups is 2. The predicted molar refractivity (Wildman–Crippen MR) is 96.6 cm³/mol. The Balaban J connectivity index is 2.52. The van der Waals surface area contributed by atoms with Crippen LogP contribution in [0.3, 0.4) is 0 Å². The molecule has 1 aliphatic heterocycles. The largest absolute Gasteiger partial charge is 0.394 e. The number of carbonyl (C=O) groups excluding carboxylic acids is 2. The Hall–Kier alpha value is -1.30. The average molecular weight is 391 g/mol. The number of nitrogens with one attached hydrogen (secondary N) is 3. The minimum Gasteiger partial charge on any atom is -0.394 e. The van der Waals surface area contributed by atoms with Crippen molar-refractivity contribution in [3.8, 4) is 0 Å². The number of piperidine rings is 1. The van der Waals surface area contributed by atoms with Gasteiger partial charge in [0.25, 0.3) is 0 Å². The fraction of sp³-hybridized carbons (Fsp3) is 0.882. The van der Waals surface area contributed by atoms with E-state index in [9.17, 15) is 30.0 Å². The third-order valence-corrected chi connectivity index (χ3v) is 4.53. The quantitative estimate of drug-likeness (QED) is 0.212.